The summed E-state index contributed by atoms with van der Waals surface area (Å²) in [5, 5.41) is 35.4. The molecule has 3 N–H and O–H groups in total. The lowest BCUT2D eigenvalue weighted by Crippen LogP contribution is -2.25. The van der Waals surface area contributed by atoms with Gasteiger partial charge in [-0.05, 0) is 102 Å². The SMILES string of the molecule is COc1ccc(C2C/C(=N\O)c3c(SCc4ccc(C(C)OC(=O)c5sc(SCc6ccccc6)c6c5CC(c5cccc(OC)c5)C/C6=N\O)cc4)sc(C(=O)NCc4cc(C)no4)c3C2)cc1. The third-order valence-electron chi connectivity index (χ3n) is 12.5. The van der Waals surface area contributed by atoms with Gasteiger partial charge >= 0.3 is 5.97 Å². The van der Waals surface area contributed by atoms with Gasteiger partial charge in [0.15, 0.2) is 5.76 Å². The number of methoxy groups -OCH3 is 2. The summed E-state index contributed by atoms with van der Waals surface area (Å²) in [6.07, 6.45) is 1.62. The Morgan fingerprint density at radius 1 is 0.739 bits per heavy atom. The molecule has 2 aliphatic rings. The Balaban J connectivity index is 0.927. The van der Waals surface area contributed by atoms with Crippen LogP contribution in [0.5, 0.6) is 11.5 Å². The molecule has 3 unspecified atom stereocenters. The molecule has 9 rings (SSSR count). The molecule has 0 fully saturated rings. The molecule has 3 atom stereocenters. The lowest BCUT2D eigenvalue weighted by atomic mass is 9.80. The quantitative estimate of drug-likeness (QED) is 0.0365. The molecular formula is C53H50N4O8S4. The van der Waals surface area contributed by atoms with E-state index in [0.717, 1.165) is 75.7 Å². The van der Waals surface area contributed by atoms with Gasteiger partial charge in [-0.1, -0.05) is 94.3 Å². The first-order valence-electron chi connectivity index (χ1n) is 22.4. The molecule has 7 aromatic rings. The summed E-state index contributed by atoms with van der Waals surface area (Å²) < 4.78 is 24.3. The van der Waals surface area contributed by atoms with Crippen molar-refractivity contribution in [2.75, 3.05) is 14.2 Å². The van der Waals surface area contributed by atoms with E-state index >= 15 is 0 Å². The fourth-order valence-corrected chi connectivity index (χ4v) is 14.0. The second kappa shape index (κ2) is 21.5. The highest BCUT2D eigenvalue weighted by atomic mass is 32.2. The van der Waals surface area contributed by atoms with Crippen LogP contribution in [0.25, 0.3) is 0 Å². The zero-order chi connectivity index (χ0) is 48.0. The predicted octanol–water partition coefficient (Wildman–Crippen LogP) is 12.4. The Kier molecular flexibility index (Phi) is 14.9. The van der Waals surface area contributed by atoms with Gasteiger partial charge in [0.2, 0.25) is 0 Å². The number of aromatic nitrogens is 1. The molecule has 0 saturated heterocycles. The van der Waals surface area contributed by atoms with Crippen LogP contribution in [0.2, 0.25) is 0 Å². The molecule has 0 spiro atoms. The summed E-state index contributed by atoms with van der Waals surface area (Å²) in [4.78, 5) is 29.3. The van der Waals surface area contributed by atoms with Crippen molar-refractivity contribution in [3.63, 3.8) is 0 Å². The molecule has 0 saturated carbocycles. The highest BCUT2D eigenvalue weighted by molar-refractivity contribution is 8.00. The van der Waals surface area contributed by atoms with Crippen LogP contribution in [0.1, 0.15) is 119 Å². The predicted molar refractivity (Wildman–Crippen MR) is 272 cm³/mol. The van der Waals surface area contributed by atoms with Crippen molar-refractivity contribution in [1.82, 2.24) is 10.5 Å². The Morgan fingerprint density at radius 2 is 1.35 bits per heavy atom. The fraction of sp³-hybridized carbons (Fsp3) is 0.264. The summed E-state index contributed by atoms with van der Waals surface area (Å²) in [5.74, 6) is 2.61. The molecule has 0 aliphatic heterocycles. The van der Waals surface area contributed by atoms with Crippen LogP contribution in [-0.2, 0) is 35.6 Å². The van der Waals surface area contributed by atoms with Crippen LogP contribution >= 0.6 is 46.2 Å². The number of esters is 1. The van der Waals surface area contributed by atoms with E-state index in [-0.39, 0.29) is 24.3 Å². The number of fused-ring (bicyclic) bond motifs is 2. The number of thiophene rings is 2. The molecular weight excluding hydrogens is 949 g/mol. The first-order valence-corrected chi connectivity index (χ1v) is 26.0. The molecule has 0 radical (unpaired) electrons. The Labute approximate surface area is 416 Å². The summed E-state index contributed by atoms with van der Waals surface area (Å²) in [7, 11) is 3.27. The maximum Gasteiger partial charge on any atom is 0.349 e. The van der Waals surface area contributed by atoms with E-state index in [2.05, 4.69) is 32.9 Å². The van der Waals surface area contributed by atoms with Crippen LogP contribution < -0.4 is 14.8 Å². The van der Waals surface area contributed by atoms with Crippen LogP contribution in [0.3, 0.4) is 0 Å². The van der Waals surface area contributed by atoms with Gasteiger partial charge < -0.3 is 34.5 Å². The minimum absolute atomic E-state index is 0.0117. The van der Waals surface area contributed by atoms with Crippen LogP contribution in [0.15, 0.2) is 132 Å². The van der Waals surface area contributed by atoms with Gasteiger partial charge in [-0.25, -0.2) is 4.79 Å². The smallest absolute Gasteiger partial charge is 0.349 e. The summed E-state index contributed by atoms with van der Waals surface area (Å²) in [5.41, 5.74) is 10.2. The first kappa shape index (κ1) is 47.7. The topological polar surface area (TPSA) is 165 Å². The van der Waals surface area contributed by atoms with E-state index in [1.165, 1.54) is 22.7 Å². The molecule has 69 heavy (non-hydrogen) atoms. The largest absolute Gasteiger partial charge is 0.497 e. The third-order valence-corrected chi connectivity index (χ3v) is 17.6. The van der Waals surface area contributed by atoms with E-state index in [1.54, 1.807) is 43.8 Å². The van der Waals surface area contributed by atoms with Crippen molar-refractivity contribution < 1.29 is 38.7 Å². The standard InChI is InChI=1S/C53H50N4O8S4/c1-30-21-41(65-57-30)27-54-50(58)48-42-23-37(35-17-19-39(62-3)20-18-35)25-44(55-60)46(42)52(68-48)67-29-33-13-15-34(16-14-33)31(2)64-51(59)49-43-24-38(36-11-8-12-40(22-36)63-4)26-45(56-61)47(43)53(69-49)66-28-32-9-6-5-7-10-32/h5-22,31,37-38,60-61H,23-29H2,1-4H3,(H,54,58)/b55-44+,56-45+. The zero-order valence-corrected chi connectivity index (χ0v) is 41.7. The van der Waals surface area contributed by atoms with Gasteiger partial charge in [0.25, 0.3) is 5.91 Å². The van der Waals surface area contributed by atoms with Gasteiger partial charge in [0.1, 0.15) is 22.5 Å². The van der Waals surface area contributed by atoms with Crippen molar-refractivity contribution >= 4 is 69.5 Å². The molecule has 3 aromatic heterocycles. The maximum absolute atomic E-state index is 14.3. The average molecular weight is 999 g/mol. The van der Waals surface area contributed by atoms with E-state index in [1.807, 2.05) is 105 Å². The number of amides is 1. The lowest BCUT2D eigenvalue weighted by molar-refractivity contribution is 0.0342. The number of oxime groups is 2. The van der Waals surface area contributed by atoms with Crippen molar-refractivity contribution in [2.24, 2.45) is 10.3 Å². The second-order valence-electron chi connectivity index (χ2n) is 17.0. The highest BCUT2D eigenvalue weighted by Crippen LogP contribution is 2.47. The lowest BCUT2D eigenvalue weighted by Gasteiger charge is -2.25. The average Bonchev–Trinajstić information content (AvgIpc) is 4.11. The van der Waals surface area contributed by atoms with Crippen LogP contribution in [0, 0.1) is 6.92 Å². The van der Waals surface area contributed by atoms with E-state index in [9.17, 15) is 20.0 Å². The van der Waals surface area contributed by atoms with Gasteiger partial charge in [0, 0.05) is 41.5 Å². The number of carbonyl (C=O) groups is 2. The minimum atomic E-state index is -0.561. The van der Waals surface area contributed by atoms with Gasteiger partial charge in [-0.3, -0.25) is 4.79 Å². The number of benzene rings is 4. The number of hydrogen-bond acceptors (Lipinski definition) is 15. The Bertz CT molecular complexity index is 3020. The maximum atomic E-state index is 14.3. The molecule has 4 aromatic carbocycles. The number of ether oxygens (including phenoxy) is 3. The van der Waals surface area contributed by atoms with E-state index < -0.39 is 12.1 Å². The number of hydrogen-bond donors (Lipinski definition) is 3. The molecule has 354 valence electrons. The number of nitrogens with zero attached hydrogens (tertiary/aromatic N) is 3. The van der Waals surface area contributed by atoms with Crippen molar-refractivity contribution in [1.29, 1.82) is 0 Å². The van der Waals surface area contributed by atoms with Crippen LogP contribution in [-0.4, -0.2) is 53.1 Å². The molecule has 16 heteroatoms. The normalized spacial score (nSPS) is 17.0. The van der Waals surface area contributed by atoms with Gasteiger partial charge in [-0.2, -0.15) is 0 Å². The highest BCUT2D eigenvalue weighted by Gasteiger charge is 2.36. The number of carbonyl (C=O) groups excluding carboxylic acids is 2. The van der Waals surface area contributed by atoms with Gasteiger partial charge in [-0.15, -0.1) is 46.2 Å². The summed E-state index contributed by atoms with van der Waals surface area (Å²) >= 11 is 6.02. The Hall–Kier alpha value is -6.33. The molecule has 12 nitrogen and oxygen atoms in total. The Morgan fingerprint density at radius 3 is 1.96 bits per heavy atom. The van der Waals surface area contributed by atoms with Gasteiger partial charge in [0.05, 0.1) is 51.2 Å². The molecule has 3 heterocycles. The zero-order valence-electron chi connectivity index (χ0n) is 38.4. The minimum Gasteiger partial charge on any atom is -0.497 e. The summed E-state index contributed by atoms with van der Waals surface area (Å²) in [6, 6.07) is 35.7. The number of rotatable bonds is 16. The van der Waals surface area contributed by atoms with Crippen molar-refractivity contribution in [3.05, 3.63) is 180 Å². The molecule has 0 bridgehead atoms. The molecule has 1 amide bonds. The van der Waals surface area contributed by atoms with Crippen LogP contribution in [0.4, 0.5) is 0 Å². The number of nitrogens with one attached hydrogen (secondary N) is 1. The monoisotopic (exact) mass is 998 g/mol. The first-order chi connectivity index (χ1) is 33.6. The van der Waals surface area contributed by atoms with Crippen molar-refractivity contribution in [3.8, 4) is 11.5 Å². The van der Waals surface area contributed by atoms with E-state index in [4.69, 9.17) is 18.7 Å². The fourth-order valence-electron chi connectivity index (χ4n) is 8.93. The second-order valence-corrected chi connectivity index (χ2v) is 21.5. The van der Waals surface area contributed by atoms with Crippen molar-refractivity contribution in [2.45, 2.75) is 83.9 Å². The number of aryl methyl sites for hydroxylation is 1. The molecule has 2 aliphatic carbocycles. The van der Waals surface area contributed by atoms with E-state index in [0.29, 0.717) is 64.1 Å². The third kappa shape index (κ3) is 10.6. The summed E-state index contributed by atoms with van der Waals surface area (Å²) in [6.45, 7) is 3.89. The number of thioether (sulfide) groups is 2.